The highest BCUT2D eigenvalue weighted by Crippen LogP contribution is 2.31. The molecule has 2 rings (SSSR count). The van der Waals surface area contributed by atoms with Crippen LogP contribution in [0.2, 0.25) is 0 Å². The third-order valence-corrected chi connectivity index (χ3v) is 4.32. The second-order valence-electron chi connectivity index (χ2n) is 7.11. The molecule has 0 saturated carbocycles. The predicted octanol–water partition coefficient (Wildman–Crippen LogP) is -0.385. The summed E-state index contributed by atoms with van der Waals surface area (Å²) >= 11 is 0. The highest BCUT2D eigenvalue weighted by atomic mass is 16.7. The minimum Gasteiger partial charge on any atom is -0.479 e. The zero-order valence-corrected chi connectivity index (χ0v) is 16.6. The molecule has 0 bridgehead atoms. The lowest BCUT2D eigenvalue weighted by Gasteiger charge is -2.38. The monoisotopic (exact) mass is 427 g/mol. The van der Waals surface area contributed by atoms with Crippen molar-refractivity contribution in [3.05, 3.63) is 23.8 Å². The number of carboxylic acid groups (broad SMARTS) is 1. The average Bonchev–Trinajstić information content (AvgIpc) is 2.67. The van der Waals surface area contributed by atoms with Crippen LogP contribution in [0.5, 0.6) is 5.75 Å². The summed E-state index contributed by atoms with van der Waals surface area (Å²) in [6.07, 6.45) is -8.92. The first-order valence-corrected chi connectivity index (χ1v) is 9.17. The summed E-state index contributed by atoms with van der Waals surface area (Å²) in [5.74, 6) is -2.76. The zero-order valence-electron chi connectivity index (χ0n) is 16.6. The number of nitrogens with one attached hydrogen (secondary N) is 1. The number of aliphatic carboxylic acids is 1. The quantitative estimate of drug-likeness (QED) is 0.361. The van der Waals surface area contributed by atoms with Gasteiger partial charge < -0.3 is 40.0 Å². The Labute approximate surface area is 172 Å². The predicted molar refractivity (Wildman–Crippen MR) is 100 cm³/mol. The van der Waals surface area contributed by atoms with Gasteiger partial charge in [-0.15, -0.1) is 0 Å². The summed E-state index contributed by atoms with van der Waals surface area (Å²) in [6, 6.07) is 4.41. The molecule has 3 unspecified atom stereocenters. The number of hydrogen-bond donors (Lipinski definition) is 5. The fourth-order valence-corrected chi connectivity index (χ4v) is 2.60. The summed E-state index contributed by atoms with van der Waals surface area (Å²) < 4.78 is 15.6. The van der Waals surface area contributed by atoms with Gasteiger partial charge in [0.05, 0.1) is 5.69 Å². The molecule has 0 aliphatic carbocycles. The van der Waals surface area contributed by atoms with E-state index in [2.05, 4.69) is 5.32 Å². The number of carbonyl (C=O) groups is 3. The van der Waals surface area contributed by atoms with Crippen LogP contribution in [0, 0.1) is 5.92 Å². The van der Waals surface area contributed by atoms with E-state index in [4.69, 9.17) is 19.3 Å². The fourth-order valence-electron chi connectivity index (χ4n) is 2.60. The summed E-state index contributed by atoms with van der Waals surface area (Å²) in [6.45, 7) is 4.53. The smallest absolute Gasteiger partial charge is 0.335 e. The van der Waals surface area contributed by atoms with Crippen molar-refractivity contribution in [2.45, 2.75) is 58.1 Å². The third kappa shape index (κ3) is 5.66. The first-order valence-electron chi connectivity index (χ1n) is 9.17. The molecular formula is C19H25NO10. The number of anilines is 1. The molecule has 166 valence electrons. The van der Waals surface area contributed by atoms with E-state index in [9.17, 15) is 29.7 Å². The van der Waals surface area contributed by atoms with Crippen LogP contribution >= 0.6 is 0 Å². The molecule has 0 spiro atoms. The average molecular weight is 427 g/mol. The van der Waals surface area contributed by atoms with Crippen molar-refractivity contribution < 1.29 is 49.0 Å². The number of carboxylic acids is 1. The Hall–Kier alpha value is -2.73. The van der Waals surface area contributed by atoms with E-state index >= 15 is 0 Å². The Balaban J connectivity index is 2.30. The fraction of sp³-hybridized carbons (Fsp3) is 0.526. The molecule has 1 heterocycles. The van der Waals surface area contributed by atoms with E-state index in [0.29, 0.717) is 5.56 Å². The van der Waals surface area contributed by atoms with Gasteiger partial charge in [0, 0.05) is 12.8 Å². The first-order chi connectivity index (χ1) is 14.0. The van der Waals surface area contributed by atoms with Gasteiger partial charge in [-0.05, 0) is 17.7 Å². The van der Waals surface area contributed by atoms with E-state index in [1.807, 2.05) is 0 Å². The zero-order chi connectivity index (χ0) is 22.6. The van der Waals surface area contributed by atoms with Gasteiger partial charge in [0.1, 0.15) is 30.7 Å². The highest BCUT2D eigenvalue weighted by Gasteiger charge is 2.48. The van der Waals surface area contributed by atoms with Gasteiger partial charge in [0.2, 0.25) is 12.2 Å². The Morgan fingerprint density at radius 2 is 1.80 bits per heavy atom. The summed E-state index contributed by atoms with van der Waals surface area (Å²) in [4.78, 5) is 34.4. The van der Waals surface area contributed by atoms with Gasteiger partial charge in [0.25, 0.3) is 0 Å². The van der Waals surface area contributed by atoms with Crippen LogP contribution in [-0.2, 0) is 30.5 Å². The van der Waals surface area contributed by atoms with Crippen molar-refractivity contribution in [1.82, 2.24) is 0 Å². The van der Waals surface area contributed by atoms with Crippen molar-refractivity contribution in [1.29, 1.82) is 0 Å². The molecule has 11 nitrogen and oxygen atoms in total. The maximum absolute atomic E-state index is 12.2. The molecule has 0 aromatic heterocycles. The number of esters is 1. The number of ether oxygens (including phenoxy) is 3. The van der Waals surface area contributed by atoms with Crippen molar-refractivity contribution in [3.63, 3.8) is 0 Å². The van der Waals surface area contributed by atoms with Gasteiger partial charge >= 0.3 is 11.9 Å². The standard InChI is InChI=1S/C19H25NO10/c1-8(2)17(25)20-11-6-10(7-28-9(3)21)4-5-12(11)29-19-15(24)13(22)14(23)16(30-19)18(26)27/h4-6,8,13-16,19,22-24H,7H2,1-3H3,(H,20,25)(H,26,27)/t13?,14-,15+,16?,19?/m0/s1. The number of aliphatic hydroxyl groups excluding tert-OH is 3. The van der Waals surface area contributed by atoms with Crippen molar-refractivity contribution in [2.24, 2.45) is 5.92 Å². The summed E-state index contributed by atoms with van der Waals surface area (Å²) in [5.41, 5.74) is 0.683. The maximum Gasteiger partial charge on any atom is 0.335 e. The van der Waals surface area contributed by atoms with Crippen LogP contribution in [0.4, 0.5) is 5.69 Å². The van der Waals surface area contributed by atoms with Crippen LogP contribution in [0.25, 0.3) is 0 Å². The van der Waals surface area contributed by atoms with E-state index < -0.39 is 42.6 Å². The lowest BCUT2D eigenvalue weighted by Crippen LogP contribution is -2.61. The Morgan fingerprint density at radius 1 is 1.13 bits per heavy atom. The molecule has 30 heavy (non-hydrogen) atoms. The number of aliphatic hydroxyl groups is 3. The van der Waals surface area contributed by atoms with Crippen LogP contribution in [-0.4, -0.2) is 69.0 Å². The molecule has 0 radical (unpaired) electrons. The second-order valence-corrected chi connectivity index (χ2v) is 7.11. The van der Waals surface area contributed by atoms with Gasteiger partial charge in [-0.2, -0.15) is 0 Å². The largest absolute Gasteiger partial charge is 0.479 e. The van der Waals surface area contributed by atoms with Gasteiger partial charge in [0.15, 0.2) is 6.10 Å². The van der Waals surface area contributed by atoms with Crippen LogP contribution < -0.4 is 10.1 Å². The Morgan fingerprint density at radius 3 is 2.37 bits per heavy atom. The Bertz CT molecular complexity index is 796. The molecule has 1 aromatic rings. The topological polar surface area (TPSA) is 172 Å². The molecule has 5 N–H and O–H groups in total. The van der Waals surface area contributed by atoms with Gasteiger partial charge in [-0.25, -0.2) is 4.79 Å². The van der Waals surface area contributed by atoms with Crippen molar-refractivity contribution in [2.75, 3.05) is 5.32 Å². The number of rotatable bonds is 7. The Kier molecular flexibility index (Phi) is 7.73. The maximum atomic E-state index is 12.2. The van der Waals surface area contributed by atoms with Crippen LogP contribution in [0.1, 0.15) is 26.3 Å². The van der Waals surface area contributed by atoms with E-state index in [-0.39, 0.29) is 29.9 Å². The van der Waals surface area contributed by atoms with Crippen molar-refractivity contribution >= 4 is 23.5 Å². The minimum absolute atomic E-state index is 0.00681. The van der Waals surface area contributed by atoms with Crippen LogP contribution in [0.15, 0.2) is 18.2 Å². The normalized spacial score (nSPS) is 26.2. The van der Waals surface area contributed by atoms with E-state index in [0.717, 1.165) is 0 Å². The lowest BCUT2D eigenvalue weighted by atomic mass is 9.99. The van der Waals surface area contributed by atoms with Gasteiger partial charge in [-0.3, -0.25) is 9.59 Å². The third-order valence-electron chi connectivity index (χ3n) is 4.32. The molecular weight excluding hydrogens is 402 g/mol. The number of hydrogen-bond acceptors (Lipinski definition) is 9. The molecule has 1 fully saturated rings. The SMILES string of the molecule is CC(=O)OCc1ccc(OC2OC(C(=O)O)[C@@H](O)C(O)[C@H]2O)c(NC(=O)C(C)C)c1. The van der Waals surface area contributed by atoms with Crippen molar-refractivity contribution in [3.8, 4) is 5.75 Å². The molecule has 1 saturated heterocycles. The summed E-state index contributed by atoms with van der Waals surface area (Å²) in [5, 5.41) is 41.6. The number of carbonyl (C=O) groups excluding carboxylic acids is 2. The molecule has 1 aliphatic rings. The van der Waals surface area contributed by atoms with E-state index in [1.165, 1.54) is 25.1 Å². The van der Waals surface area contributed by atoms with Crippen LogP contribution in [0.3, 0.4) is 0 Å². The molecule has 5 atom stereocenters. The number of benzene rings is 1. The second kappa shape index (κ2) is 9.85. The van der Waals surface area contributed by atoms with Gasteiger partial charge in [-0.1, -0.05) is 19.9 Å². The minimum atomic E-state index is -1.86. The number of amides is 1. The summed E-state index contributed by atoms with van der Waals surface area (Å²) in [7, 11) is 0. The lowest BCUT2D eigenvalue weighted by molar-refractivity contribution is -0.271. The highest BCUT2D eigenvalue weighted by molar-refractivity contribution is 5.93. The molecule has 1 amide bonds. The first kappa shape index (κ1) is 23.5. The molecule has 11 heteroatoms. The molecule has 1 aliphatic heterocycles. The molecule has 1 aromatic carbocycles. The van der Waals surface area contributed by atoms with E-state index in [1.54, 1.807) is 13.8 Å².